The van der Waals surface area contributed by atoms with Crippen molar-refractivity contribution in [2.75, 3.05) is 24.5 Å². The first-order valence-corrected chi connectivity index (χ1v) is 11.6. The molecule has 9 heteroatoms. The quantitative estimate of drug-likeness (QED) is 0.407. The van der Waals surface area contributed by atoms with Gasteiger partial charge in [0.1, 0.15) is 5.75 Å². The molecule has 6 rings (SSSR count). The molecule has 1 aliphatic rings. The van der Waals surface area contributed by atoms with Gasteiger partial charge in [-0.3, -0.25) is 4.90 Å². The largest absolute Gasteiger partial charge is 0.508 e. The van der Waals surface area contributed by atoms with E-state index in [0.717, 1.165) is 47.7 Å². The summed E-state index contributed by atoms with van der Waals surface area (Å²) in [6.45, 7) is 5.15. The maximum atomic E-state index is 10.3. The van der Waals surface area contributed by atoms with E-state index in [1.54, 1.807) is 18.4 Å². The summed E-state index contributed by atoms with van der Waals surface area (Å²) in [7, 11) is 0. The number of piperazine rings is 1. The molecule has 0 spiro atoms. The highest BCUT2D eigenvalue weighted by molar-refractivity contribution is 6.30. The molecule has 0 amide bonds. The summed E-state index contributed by atoms with van der Waals surface area (Å²) >= 11 is 6.16. The van der Waals surface area contributed by atoms with Crippen LogP contribution in [-0.4, -0.2) is 55.3 Å². The number of aromatic nitrogens is 4. The Morgan fingerprint density at radius 3 is 2.79 bits per heavy atom. The molecule has 0 bridgehead atoms. The van der Waals surface area contributed by atoms with Crippen LogP contribution < -0.4 is 4.90 Å². The van der Waals surface area contributed by atoms with E-state index in [0.29, 0.717) is 23.2 Å². The molecular weight excluding hydrogens is 452 g/mol. The number of rotatable bonds is 4. The number of phenols is 1. The average molecular weight is 475 g/mol. The fraction of sp³-hybridized carbons (Fsp3) is 0.240. The molecule has 8 nitrogen and oxygen atoms in total. The number of benzene rings is 2. The van der Waals surface area contributed by atoms with Gasteiger partial charge in [0.05, 0.1) is 11.8 Å². The van der Waals surface area contributed by atoms with Crippen molar-refractivity contribution in [3.63, 3.8) is 0 Å². The Kier molecular flexibility index (Phi) is 5.12. The zero-order valence-electron chi connectivity index (χ0n) is 18.6. The molecule has 1 fully saturated rings. The third kappa shape index (κ3) is 3.55. The molecule has 0 saturated carbocycles. The monoisotopic (exact) mass is 474 g/mol. The van der Waals surface area contributed by atoms with E-state index < -0.39 is 0 Å². The number of hydrogen-bond donors (Lipinski definition) is 1. The zero-order valence-corrected chi connectivity index (χ0v) is 19.4. The van der Waals surface area contributed by atoms with Gasteiger partial charge in [-0.15, -0.1) is 10.2 Å². The smallest absolute Gasteiger partial charge is 0.213 e. The topological polar surface area (TPSA) is 82.9 Å². The lowest BCUT2D eigenvalue weighted by Gasteiger charge is -2.40. The number of aromatic hydroxyl groups is 1. The lowest BCUT2D eigenvalue weighted by Crippen LogP contribution is -2.52. The Hall–Kier alpha value is -3.62. The average Bonchev–Trinajstić information content (AvgIpc) is 3.52. The SMILES string of the molecule is CC1CN(c2nc3ccccc3c3nnc(-c4ccco4)n23)CCN1Cc1cc(Cl)ccc1O. The van der Waals surface area contributed by atoms with E-state index in [2.05, 4.69) is 26.9 Å². The minimum atomic E-state index is 0.221. The highest BCUT2D eigenvalue weighted by Gasteiger charge is 2.28. The summed E-state index contributed by atoms with van der Waals surface area (Å²) in [5, 5.41) is 20.8. The van der Waals surface area contributed by atoms with Crippen LogP contribution in [0.1, 0.15) is 12.5 Å². The van der Waals surface area contributed by atoms with E-state index in [-0.39, 0.29) is 11.8 Å². The van der Waals surface area contributed by atoms with Crippen molar-refractivity contribution in [3.05, 3.63) is 71.4 Å². The summed E-state index contributed by atoms with van der Waals surface area (Å²) in [4.78, 5) is 9.65. The molecule has 1 unspecified atom stereocenters. The van der Waals surface area contributed by atoms with Crippen LogP contribution in [0.4, 0.5) is 5.95 Å². The van der Waals surface area contributed by atoms with Gasteiger partial charge in [-0.2, -0.15) is 0 Å². The van der Waals surface area contributed by atoms with Crippen LogP contribution in [0.2, 0.25) is 5.02 Å². The molecule has 1 aliphatic heterocycles. The van der Waals surface area contributed by atoms with Crippen LogP contribution in [0.3, 0.4) is 0 Å². The third-order valence-corrected chi connectivity index (χ3v) is 6.67. The fourth-order valence-corrected chi connectivity index (χ4v) is 4.85. The van der Waals surface area contributed by atoms with Gasteiger partial charge in [0, 0.05) is 48.2 Å². The molecule has 0 aliphatic carbocycles. The zero-order chi connectivity index (χ0) is 23.2. The summed E-state index contributed by atoms with van der Waals surface area (Å²) in [5.74, 6) is 2.34. The highest BCUT2D eigenvalue weighted by Crippen LogP contribution is 2.30. The van der Waals surface area contributed by atoms with Gasteiger partial charge in [-0.25, -0.2) is 9.38 Å². The Morgan fingerprint density at radius 2 is 1.97 bits per heavy atom. The lowest BCUT2D eigenvalue weighted by atomic mass is 10.1. The number of para-hydroxylation sites is 1. The van der Waals surface area contributed by atoms with Gasteiger partial charge in [-0.05, 0) is 49.4 Å². The number of halogens is 1. The first-order chi connectivity index (χ1) is 16.6. The minimum absolute atomic E-state index is 0.221. The molecule has 5 aromatic rings. The second kappa shape index (κ2) is 8.30. The molecule has 4 heterocycles. The van der Waals surface area contributed by atoms with Crippen molar-refractivity contribution >= 4 is 34.1 Å². The molecule has 1 atom stereocenters. The summed E-state index contributed by atoms with van der Waals surface area (Å²) in [6, 6.07) is 17.1. The van der Waals surface area contributed by atoms with E-state index in [1.165, 1.54) is 0 Å². The molecule has 0 radical (unpaired) electrons. The molecule has 1 N–H and O–H groups in total. The Morgan fingerprint density at radius 1 is 1.09 bits per heavy atom. The molecule has 2 aromatic carbocycles. The van der Waals surface area contributed by atoms with Crippen LogP contribution >= 0.6 is 11.6 Å². The molecule has 172 valence electrons. The summed E-state index contributed by atoms with van der Waals surface area (Å²) in [6.07, 6.45) is 1.64. The number of hydrogen-bond acceptors (Lipinski definition) is 7. The minimum Gasteiger partial charge on any atom is -0.508 e. The van der Waals surface area contributed by atoms with E-state index in [1.807, 2.05) is 46.9 Å². The van der Waals surface area contributed by atoms with Crippen molar-refractivity contribution in [2.45, 2.75) is 19.5 Å². The van der Waals surface area contributed by atoms with E-state index in [4.69, 9.17) is 21.0 Å². The number of nitrogens with zero attached hydrogens (tertiary/aromatic N) is 6. The van der Waals surface area contributed by atoms with E-state index >= 15 is 0 Å². The van der Waals surface area contributed by atoms with Gasteiger partial charge >= 0.3 is 0 Å². The van der Waals surface area contributed by atoms with Gasteiger partial charge in [-0.1, -0.05) is 23.7 Å². The fourth-order valence-electron chi connectivity index (χ4n) is 4.65. The predicted molar refractivity (Wildman–Crippen MR) is 131 cm³/mol. The maximum Gasteiger partial charge on any atom is 0.213 e. The Bertz CT molecular complexity index is 1480. The Labute approximate surface area is 201 Å². The van der Waals surface area contributed by atoms with Crippen molar-refractivity contribution < 1.29 is 9.52 Å². The first-order valence-electron chi connectivity index (χ1n) is 11.2. The summed E-state index contributed by atoms with van der Waals surface area (Å²) < 4.78 is 7.65. The van der Waals surface area contributed by atoms with Crippen molar-refractivity contribution in [1.82, 2.24) is 24.5 Å². The van der Waals surface area contributed by atoms with Crippen LogP contribution in [0.25, 0.3) is 28.1 Å². The van der Waals surface area contributed by atoms with Crippen LogP contribution in [-0.2, 0) is 6.54 Å². The predicted octanol–water partition coefficient (Wildman–Crippen LogP) is 4.61. The van der Waals surface area contributed by atoms with Crippen LogP contribution in [0, 0.1) is 0 Å². The lowest BCUT2D eigenvalue weighted by molar-refractivity contribution is 0.178. The second-order valence-corrected chi connectivity index (χ2v) is 9.06. The van der Waals surface area contributed by atoms with Gasteiger partial charge in [0.15, 0.2) is 11.4 Å². The van der Waals surface area contributed by atoms with Crippen LogP contribution in [0.5, 0.6) is 5.75 Å². The van der Waals surface area contributed by atoms with Gasteiger partial charge in [0.25, 0.3) is 0 Å². The highest BCUT2D eigenvalue weighted by atomic mass is 35.5. The second-order valence-electron chi connectivity index (χ2n) is 8.63. The first kappa shape index (κ1) is 20.9. The van der Waals surface area contributed by atoms with Gasteiger partial charge < -0.3 is 14.4 Å². The third-order valence-electron chi connectivity index (χ3n) is 6.43. The van der Waals surface area contributed by atoms with Crippen molar-refractivity contribution in [2.24, 2.45) is 0 Å². The molecular formula is C25H23ClN6O2. The normalized spacial score (nSPS) is 17.1. The maximum absolute atomic E-state index is 10.3. The Balaban J connectivity index is 1.37. The number of fused-ring (bicyclic) bond motifs is 3. The van der Waals surface area contributed by atoms with E-state index in [9.17, 15) is 5.11 Å². The van der Waals surface area contributed by atoms with Crippen molar-refractivity contribution in [3.8, 4) is 17.3 Å². The van der Waals surface area contributed by atoms with Gasteiger partial charge in [0.2, 0.25) is 11.8 Å². The molecule has 1 saturated heterocycles. The standard InChI is InChI=1S/C25H23ClN6O2/c1-16-14-31(11-10-30(16)15-17-13-18(26)8-9-21(17)33)25-27-20-6-3-2-5-19(20)23-28-29-24(32(23)25)22-7-4-12-34-22/h2-9,12-13,16,33H,10-11,14-15H2,1H3. The molecule has 3 aromatic heterocycles. The number of phenolic OH excluding ortho intramolecular Hbond substituents is 1. The van der Waals surface area contributed by atoms with Crippen LogP contribution in [0.15, 0.2) is 65.3 Å². The summed E-state index contributed by atoms with van der Waals surface area (Å²) in [5.41, 5.74) is 2.46. The molecule has 34 heavy (non-hydrogen) atoms. The van der Waals surface area contributed by atoms with Crippen molar-refractivity contribution in [1.29, 1.82) is 0 Å². The number of furan rings is 1. The number of anilines is 1.